The molecule has 1 N–H and O–H groups in total. The van der Waals surface area contributed by atoms with Crippen molar-refractivity contribution in [3.63, 3.8) is 0 Å². The number of aliphatic hydroxyl groups excluding tert-OH is 1. The van der Waals surface area contributed by atoms with Gasteiger partial charge in [-0.3, -0.25) is 0 Å². The highest BCUT2D eigenvalue weighted by atomic mass is 19.3. The first-order valence-electron chi connectivity index (χ1n) is 1.82. The maximum atomic E-state index is 10.3. The standard InChI is InChI=1S/C2F4.C2H3FO/c3-1(4)2(5)6;3-1-2-4/h;1-2,4H. The Balaban J connectivity index is 0. The number of hydrogen-bond acceptors (Lipinski definition) is 1. The van der Waals surface area contributed by atoms with E-state index in [2.05, 4.69) is 0 Å². The first-order valence-corrected chi connectivity index (χ1v) is 1.82. The van der Waals surface area contributed by atoms with Crippen LogP contribution in [0.2, 0.25) is 0 Å². The Morgan fingerprint density at radius 3 is 1.20 bits per heavy atom. The lowest BCUT2D eigenvalue weighted by molar-refractivity contribution is 0.308. The molecule has 0 aromatic rings. The van der Waals surface area contributed by atoms with Crippen LogP contribution in [0.15, 0.2) is 24.8 Å². The van der Waals surface area contributed by atoms with Gasteiger partial charge in [-0.15, -0.1) is 0 Å². The molecule has 6 heteroatoms. The van der Waals surface area contributed by atoms with E-state index in [-0.39, 0.29) is 6.33 Å². The fraction of sp³-hybridized carbons (Fsp3) is 0. The average molecular weight is 162 g/mol. The Morgan fingerprint density at radius 1 is 1.00 bits per heavy atom. The second kappa shape index (κ2) is 7.93. The fourth-order valence-corrected chi connectivity index (χ4v) is 0. The quantitative estimate of drug-likeness (QED) is 0.428. The summed E-state index contributed by atoms with van der Waals surface area (Å²) in [5, 5.41) is 7.32. The molecule has 0 saturated carbocycles. The van der Waals surface area contributed by atoms with Crippen molar-refractivity contribution >= 4 is 0 Å². The molecule has 0 aromatic carbocycles. The highest BCUT2D eigenvalue weighted by molar-refractivity contribution is 4.77. The molecule has 10 heavy (non-hydrogen) atoms. The van der Waals surface area contributed by atoms with Crippen molar-refractivity contribution in [2.45, 2.75) is 0 Å². The van der Waals surface area contributed by atoms with Crippen molar-refractivity contribution in [1.29, 1.82) is 0 Å². The molecule has 0 atom stereocenters. The summed E-state index contributed by atoms with van der Waals surface area (Å²) in [4.78, 5) is 0. The Kier molecular flexibility index (Phi) is 9.27. The molecule has 0 aliphatic carbocycles. The van der Waals surface area contributed by atoms with Gasteiger partial charge in [0.1, 0.15) is 12.6 Å². The van der Waals surface area contributed by atoms with Crippen molar-refractivity contribution in [2.24, 2.45) is 0 Å². The molecule has 0 aliphatic rings. The third-order valence-electron chi connectivity index (χ3n) is 0.199. The van der Waals surface area contributed by atoms with E-state index >= 15 is 0 Å². The van der Waals surface area contributed by atoms with E-state index in [9.17, 15) is 22.0 Å². The van der Waals surface area contributed by atoms with Crippen LogP contribution in [-0.4, -0.2) is 5.11 Å². The van der Waals surface area contributed by atoms with E-state index in [4.69, 9.17) is 5.11 Å². The summed E-state index contributed by atoms with van der Waals surface area (Å²) >= 11 is 0. The molecule has 0 bridgehead atoms. The van der Waals surface area contributed by atoms with E-state index in [1.54, 1.807) is 0 Å². The van der Waals surface area contributed by atoms with Gasteiger partial charge in [0.15, 0.2) is 0 Å². The smallest absolute Gasteiger partial charge is 0.334 e. The molecule has 0 aliphatic heterocycles. The Hall–Kier alpha value is -1.07. The van der Waals surface area contributed by atoms with Gasteiger partial charge in [-0.25, -0.2) is 4.39 Å². The molecular formula is C4H3F5O. The number of hydrogen-bond donors (Lipinski definition) is 1. The van der Waals surface area contributed by atoms with Crippen molar-refractivity contribution in [3.8, 4) is 0 Å². The number of rotatable bonds is 0. The molecule has 0 rings (SSSR count). The predicted molar refractivity (Wildman–Crippen MR) is 24.3 cm³/mol. The monoisotopic (exact) mass is 162 g/mol. The second-order valence-electron chi connectivity index (χ2n) is 0.796. The van der Waals surface area contributed by atoms with Crippen LogP contribution in [0.1, 0.15) is 0 Å². The Bertz CT molecular complexity index is 108. The lowest BCUT2D eigenvalue weighted by Crippen LogP contribution is -1.56. The lowest BCUT2D eigenvalue weighted by atomic mass is 11.1. The van der Waals surface area contributed by atoms with E-state index in [1.165, 1.54) is 0 Å². The molecule has 0 saturated heterocycles. The van der Waals surface area contributed by atoms with Gasteiger partial charge in [-0.2, -0.15) is 17.6 Å². The topological polar surface area (TPSA) is 20.2 Å². The SMILES string of the molecule is FC(F)=C(F)F.OC=CF. The molecule has 0 amide bonds. The minimum Gasteiger partial charge on any atom is -0.513 e. The van der Waals surface area contributed by atoms with Crippen molar-refractivity contribution in [3.05, 3.63) is 24.8 Å². The average Bonchev–Trinajstić information content (AvgIpc) is 1.89. The van der Waals surface area contributed by atoms with E-state index < -0.39 is 12.2 Å². The second-order valence-corrected chi connectivity index (χ2v) is 0.796. The Labute approximate surface area is 53.1 Å². The van der Waals surface area contributed by atoms with Crippen LogP contribution < -0.4 is 0 Å². The van der Waals surface area contributed by atoms with Gasteiger partial charge in [-0.1, -0.05) is 0 Å². The summed E-state index contributed by atoms with van der Waals surface area (Å²) in [5.41, 5.74) is 0. The predicted octanol–water partition coefficient (Wildman–Crippen LogP) is 2.98. The highest BCUT2D eigenvalue weighted by Gasteiger charge is 1.98. The summed E-state index contributed by atoms with van der Waals surface area (Å²) in [6, 6.07) is 0. The number of aliphatic hydroxyl groups is 1. The minimum atomic E-state index is -2.91. The molecular weight excluding hydrogens is 159 g/mol. The summed E-state index contributed by atoms with van der Waals surface area (Å²) in [7, 11) is 0. The number of halogens is 5. The molecule has 0 fully saturated rings. The summed E-state index contributed by atoms with van der Waals surface area (Å²) < 4.78 is 51.4. The summed E-state index contributed by atoms with van der Waals surface area (Å²) in [5.74, 6) is 0. The molecule has 1 nitrogen and oxygen atoms in total. The van der Waals surface area contributed by atoms with Gasteiger partial charge in [0, 0.05) is 0 Å². The zero-order valence-corrected chi connectivity index (χ0v) is 4.49. The van der Waals surface area contributed by atoms with Crippen LogP contribution in [0.5, 0.6) is 0 Å². The van der Waals surface area contributed by atoms with Crippen LogP contribution in [0, 0.1) is 0 Å². The van der Waals surface area contributed by atoms with Crippen LogP contribution in [0.25, 0.3) is 0 Å². The van der Waals surface area contributed by atoms with Crippen LogP contribution in [-0.2, 0) is 0 Å². The van der Waals surface area contributed by atoms with Crippen LogP contribution in [0.3, 0.4) is 0 Å². The first kappa shape index (κ1) is 11.7. The van der Waals surface area contributed by atoms with Crippen molar-refractivity contribution in [2.75, 3.05) is 0 Å². The molecule has 0 aromatic heterocycles. The largest absolute Gasteiger partial charge is 0.513 e. The van der Waals surface area contributed by atoms with Gasteiger partial charge < -0.3 is 5.11 Å². The molecule has 60 valence electrons. The molecule has 0 radical (unpaired) electrons. The maximum absolute atomic E-state index is 10.3. The zero-order chi connectivity index (χ0) is 8.57. The summed E-state index contributed by atoms with van der Waals surface area (Å²) in [6.45, 7) is 0. The zero-order valence-electron chi connectivity index (χ0n) is 4.49. The van der Waals surface area contributed by atoms with Crippen molar-refractivity contribution < 1.29 is 27.1 Å². The minimum absolute atomic E-state index is 0.0556. The molecule has 0 heterocycles. The normalized spacial score (nSPS) is 8.50. The van der Waals surface area contributed by atoms with Gasteiger partial charge >= 0.3 is 12.2 Å². The molecule has 0 spiro atoms. The highest BCUT2D eigenvalue weighted by Crippen LogP contribution is 2.08. The van der Waals surface area contributed by atoms with Crippen molar-refractivity contribution in [1.82, 2.24) is 0 Å². The van der Waals surface area contributed by atoms with Gasteiger partial charge in [-0.05, 0) is 0 Å². The first-order chi connectivity index (χ1) is 4.56. The third kappa shape index (κ3) is 15.8. The van der Waals surface area contributed by atoms with Crippen LogP contribution in [0.4, 0.5) is 22.0 Å². The summed E-state index contributed by atoms with van der Waals surface area (Å²) in [6.07, 6.45) is -5.43. The van der Waals surface area contributed by atoms with E-state index in [0.29, 0.717) is 6.26 Å². The van der Waals surface area contributed by atoms with Gasteiger partial charge in [0.05, 0.1) is 0 Å². The maximum Gasteiger partial charge on any atom is 0.334 e. The van der Waals surface area contributed by atoms with Crippen LogP contribution >= 0.6 is 0 Å². The Morgan fingerprint density at radius 2 is 1.20 bits per heavy atom. The third-order valence-corrected chi connectivity index (χ3v) is 0.199. The molecule has 0 unspecified atom stereocenters. The van der Waals surface area contributed by atoms with Gasteiger partial charge in [0.2, 0.25) is 0 Å². The van der Waals surface area contributed by atoms with Gasteiger partial charge in [0.25, 0.3) is 0 Å². The lowest BCUT2D eigenvalue weighted by Gasteiger charge is -1.69. The van der Waals surface area contributed by atoms with E-state index in [1.807, 2.05) is 0 Å². The fourth-order valence-electron chi connectivity index (χ4n) is 0. The van der Waals surface area contributed by atoms with E-state index in [0.717, 1.165) is 0 Å².